The largest absolute Gasteiger partial charge is 0.497 e. The lowest BCUT2D eigenvalue weighted by atomic mass is 10.0. The minimum Gasteiger partial charge on any atom is -0.497 e. The normalized spacial score (nSPS) is 19.3. The van der Waals surface area contributed by atoms with Crippen molar-refractivity contribution >= 4 is 17.5 Å². The highest BCUT2D eigenvalue weighted by atomic mass is 32.2. The maximum Gasteiger partial charge on any atom is 0.176 e. The molecule has 1 saturated heterocycles. The Hall–Kier alpha value is -1.16. The maximum atomic E-state index is 12.4. The quantitative estimate of drug-likeness (QED) is 0.784. The molecule has 2 rings (SSSR count). The van der Waals surface area contributed by atoms with Crippen LogP contribution in [0.5, 0.6) is 11.5 Å². The zero-order chi connectivity index (χ0) is 13.0. The lowest BCUT2D eigenvalue weighted by Gasteiger charge is -2.20. The Bertz CT molecular complexity index is 403. The molecule has 1 atom stereocenters. The van der Waals surface area contributed by atoms with Crippen LogP contribution in [0.15, 0.2) is 18.2 Å². The number of rotatable bonds is 4. The van der Waals surface area contributed by atoms with Crippen LogP contribution in [0.3, 0.4) is 0 Å². The predicted octanol–water partition coefficient (Wildman–Crippen LogP) is 3.17. The van der Waals surface area contributed by atoms with Crippen LogP contribution in [0, 0.1) is 0 Å². The van der Waals surface area contributed by atoms with Gasteiger partial charge >= 0.3 is 0 Å². The molecule has 98 valence electrons. The van der Waals surface area contributed by atoms with E-state index < -0.39 is 0 Å². The average Bonchev–Trinajstić information content (AvgIpc) is 2.46. The molecule has 0 bridgehead atoms. The third-order valence-corrected chi connectivity index (χ3v) is 4.48. The number of hydrogen-bond donors (Lipinski definition) is 0. The van der Waals surface area contributed by atoms with Crippen molar-refractivity contribution in [2.45, 2.75) is 24.5 Å². The maximum absolute atomic E-state index is 12.4. The summed E-state index contributed by atoms with van der Waals surface area (Å²) in [5, 5.41) is 0.0931. The van der Waals surface area contributed by atoms with Crippen LogP contribution < -0.4 is 9.47 Å². The second-order valence-electron chi connectivity index (χ2n) is 4.32. The van der Waals surface area contributed by atoms with E-state index in [1.807, 2.05) is 0 Å². The summed E-state index contributed by atoms with van der Waals surface area (Å²) in [6, 6.07) is 5.37. The minimum absolute atomic E-state index is 0.0931. The Morgan fingerprint density at radius 1 is 1.17 bits per heavy atom. The summed E-state index contributed by atoms with van der Waals surface area (Å²) in [4.78, 5) is 12.4. The molecule has 0 N–H and O–H groups in total. The van der Waals surface area contributed by atoms with E-state index >= 15 is 0 Å². The van der Waals surface area contributed by atoms with Crippen molar-refractivity contribution in [2.75, 3.05) is 20.0 Å². The fraction of sp³-hybridized carbons (Fsp3) is 0.500. The van der Waals surface area contributed by atoms with Gasteiger partial charge in [0.05, 0.1) is 19.5 Å². The monoisotopic (exact) mass is 266 g/mol. The molecule has 4 heteroatoms. The predicted molar refractivity (Wildman–Crippen MR) is 74.0 cm³/mol. The molecule has 1 fully saturated rings. The second-order valence-corrected chi connectivity index (χ2v) is 5.63. The molecule has 0 amide bonds. The first-order valence-corrected chi connectivity index (χ1v) is 7.18. The molecular weight excluding hydrogens is 248 g/mol. The molecule has 1 aliphatic rings. The number of ether oxygens (including phenoxy) is 2. The number of methoxy groups -OCH3 is 2. The number of Topliss-reactive ketones (excluding diaryl/α,β-unsaturated/α-hetero) is 1. The van der Waals surface area contributed by atoms with E-state index in [9.17, 15) is 4.79 Å². The van der Waals surface area contributed by atoms with Gasteiger partial charge in [0.25, 0.3) is 0 Å². The summed E-state index contributed by atoms with van der Waals surface area (Å²) in [6.45, 7) is 0. The SMILES string of the molecule is COc1cc(OC)cc(C(=O)C2CCCCS2)c1. The molecule has 0 spiro atoms. The third-order valence-electron chi connectivity index (χ3n) is 3.11. The van der Waals surface area contributed by atoms with Gasteiger partial charge in [0.2, 0.25) is 0 Å². The standard InChI is InChI=1S/C14H18O3S/c1-16-11-7-10(8-12(9-11)17-2)14(15)13-5-3-4-6-18-13/h7-9,13H,3-6H2,1-2H3. The van der Waals surface area contributed by atoms with E-state index in [0.29, 0.717) is 17.1 Å². The van der Waals surface area contributed by atoms with Crippen LogP contribution in [-0.4, -0.2) is 31.0 Å². The second kappa shape index (κ2) is 6.14. The molecule has 1 aromatic rings. The number of carbonyl (C=O) groups excluding carboxylic acids is 1. The highest BCUT2D eigenvalue weighted by Gasteiger charge is 2.23. The van der Waals surface area contributed by atoms with Crippen LogP contribution in [0.2, 0.25) is 0 Å². The van der Waals surface area contributed by atoms with Crippen molar-refractivity contribution in [1.82, 2.24) is 0 Å². The lowest BCUT2D eigenvalue weighted by molar-refractivity contribution is 0.0984. The molecule has 3 nitrogen and oxygen atoms in total. The van der Waals surface area contributed by atoms with Gasteiger partial charge in [-0.25, -0.2) is 0 Å². The van der Waals surface area contributed by atoms with Gasteiger partial charge in [-0.05, 0) is 30.7 Å². The number of ketones is 1. The Balaban J connectivity index is 2.22. The number of thioether (sulfide) groups is 1. The number of benzene rings is 1. The summed E-state index contributed by atoms with van der Waals surface area (Å²) >= 11 is 1.76. The van der Waals surface area contributed by atoms with Gasteiger partial charge in [-0.1, -0.05) is 6.42 Å². The summed E-state index contributed by atoms with van der Waals surface area (Å²) in [6.07, 6.45) is 3.34. The fourth-order valence-electron chi connectivity index (χ4n) is 2.08. The minimum atomic E-state index is 0.0931. The van der Waals surface area contributed by atoms with Crippen molar-refractivity contribution in [3.8, 4) is 11.5 Å². The molecular formula is C14H18O3S. The summed E-state index contributed by atoms with van der Waals surface area (Å²) in [5.74, 6) is 2.60. The zero-order valence-electron chi connectivity index (χ0n) is 10.8. The van der Waals surface area contributed by atoms with E-state index in [1.165, 1.54) is 6.42 Å². The lowest BCUT2D eigenvalue weighted by Crippen LogP contribution is -2.21. The first kappa shape index (κ1) is 13.3. The van der Waals surface area contributed by atoms with Gasteiger partial charge in [0.15, 0.2) is 5.78 Å². The van der Waals surface area contributed by atoms with Crippen LogP contribution in [0.4, 0.5) is 0 Å². The molecule has 18 heavy (non-hydrogen) atoms. The molecule has 1 unspecified atom stereocenters. The molecule has 0 saturated carbocycles. The van der Waals surface area contributed by atoms with Crippen molar-refractivity contribution in [3.05, 3.63) is 23.8 Å². The highest BCUT2D eigenvalue weighted by Crippen LogP contribution is 2.30. The van der Waals surface area contributed by atoms with Crippen molar-refractivity contribution < 1.29 is 14.3 Å². The topological polar surface area (TPSA) is 35.5 Å². The molecule has 0 aromatic heterocycles. The smallest absolute Gasteiger partial charge is 0.176 e. The van der Waals surface area contributed by atoms with Crippen LogP contribution >= 0.6 is 11.8 Å². The summed E-state index contributed by atoms with van der Waals surface area (Å²) < 4.78 is 10.4. The van der Waals surface area contributed by atoms with Crippen molar-refractivity contribution in [2.24, 2.45) is 0 Å². The van der Waals surface area contributed by atoms with E-state index in [0.717, 1.165) is 18.6 Å². The van der Waals surface area contributed by atoms with Gasteiger partial charge in [0, 0.05) is 11.6 Å². The van der Waals surface area contributed by atoms with Crippen LogP contribution in [-0.2, 0) is 0 Å². The van der Waals surface area contributed by atoms with E-state index in [4.69, 9.17) is 9.47 Å². The molecule has 1 aromatic carbocycles. The molecule has 1 aliphatic heterocycles. The highest BCUT2D eigenvalue weighted by molar-refractivity contribution is 8.00. The average molecular weight is 266 g/mol. The Morgan fingerprint density at radius 3 is 2.33 bits per heavy atom. The third kappa shape index (κ3) is 2.99. The Morgan fingerprint density at radius 2 is 1.83 bits per heavy atom. The van der Waals surface area contributed by atoms with Crippen molar-refractivity contribution in [1.29, 1.82) is 0 Å². The van der Waals surface area contributed by atoms with E-state index in [1.54, 1.807) is 44.2 Å². The Kier molecular flexibility index (Phi) is 4.53. The van der Waals surface area contributed by atoms with E-state index in [-0.39, 0.29) is 11.0 Å². The number of carbonyl (C=O) groups is 1. The van der Waals surface area contributed by atoms with Crippen LogP contribution in [0.1, 0.15) is 29.6 Å². The Labute approximate surface area is 112 Å². The van der Waals surface area contributed by atoms with Gasteiger partial charge in [-0.2, -0.15) is 11.8 Å². The first-order chi connectivity index (χ1) is 8.74. The van der Waals surface area contributed by atoms with Crippen molar-refractivity contribution in [3.63, 3.8) is 0 Å². The zero-order valence-corrected chi connectivity index (χ0v) is 11.6. The fourth-order valence-corrected chi connectivity index (χ4v) is 3.36. The van der Waals surface area contributed by atoms with Crippen LogP contribution in [0.25, 0.3) is 0 Å². The van der Waals surface area contributed by atoms with Gasteiger partial charge < -0.3 is 9.47 Å². The molecule has 1 heterocycles. The van der Waals surface area contributed by atoms with Gasteiger partial charge in [-0.15, -0.1) is 0 Å². The molecule has 0 radical (unpaired) electrons. The summed E-state index contributed by atoms with van der Waals surface area (Å²) in [7, 11) is 3.19. The van der Waals surface area contributed by atoms with E-state index in [2.05, 4.69) is 0 Å². The van der Waals surface area contributed by atoms with Gasteiger partial charge in [0.1, 0.15) is 11.5 Å². The molecule has 0 aliphatic carbocycles. The summed E-state index contributed by atoms with van der Waals surface area (Å²) in [5.41, 5.74) is 0.686. The number of hydrogen-bond acceptors (Lipinski definition) is 4. The van der Waals surface area contributed by atoms with Gasteiger partial charge in [-0.3, -0.25) is 4.79 Å². The first-order valence-electron chi connectivity index (χ1n) is 6.13.